The number of hydrogen-bond donors (Lipinski definition) is 2. The van der Waals surface area contributed by atoms with Gasteiger partial charge in [-0.05, 0) is 55.0 Å². The summed E-state index contributed by atoms with van der Waals surface area (Å²) in [7, 11) is -3.87. The quantitative estimate of drug-likeness (QED) is 0.292. The highest BCUT2D eigenvalue weighted by Crippen LogP contribution is 2.31. The third-order valence-electron chi connectivity index (χ3n) is 6.51. The first-order valence-electron chi connectivity index (χ1n) is 12.3. The Kier molecular flexibility index (Phi) is 9.35. The molecule has 2 heterocycles. The van der Waals surface area contributed by atoms with E-state index in [0.29, 0.717) is 18.1 Å². The van der Waals surface area contributed by atoms with Crippen molar-refractivity contribution < 1.29 is 13.2 Å². The number of thiazole rings is 1. The molecule has 1 amide bonds. The van der Waals surface area contributed by atoms with Gasteiger partial charge in [-0.3, -0.25) is 14.4 Å². The van der Waals surface area contributed by atoms with Crippen molar-refractivity contribution >= 4 is 72.3 Å². The maximum Gasteiger partial charge on any atom is 0.261 e. The number of nitrogens with one attached hydrogen (secondary N) is 2. The number of hydrogen-bond acceptors (Lipinski definition) is 7. The monoisotopic (exact) mass is 605 g/mol. The zero-order valence-electron chi connectivity index (χ0n) is 21.3. The highest BCUT2D eigenvalue weighted by atomic mass is 35.5. The first-order valence-corrected chi connectivity index (χ1v) is 15.0. The number of fused-ring (bicyclic) bond motifs is 1. The smallest absolute Gasteiger partial charge is 0.261 e. The Morgan fingerprint density at radius 1 is 1.00 bits per heavy atom. The van der Waals surface area contributed by atoms with Crippen LogP contribution in [-0.4, -0.2) is 63.5 Å². The fraction of sp³-hybridized carbons (Fsp3) is 0.259. The van der Waals surface area contributed by atoms with Gasteiger partial charge >= 0.3 is 0 Å². The Morgan fingerprint density at radius 2 is 1.72 bits per heavy atom. The molecule has 3 aromatic carbocycles. The van der Waals surface area contributed by atoms with Crippen LogP contribution >= 0.6 is 35.3 Å². The molecule has 0 saturated carbocycles. The fourth-order valence-electron chi connectivity index (χ4n) is 4.38. The molecule has 1 saturated heterocycles. The number of carbonyl (C=O) groups excluding carboxylic acids is 1. The van der Waals surface area contributed by atoms with Crippen molar-refractivity contribution in [2.45, 2.75) is 11.8 Å². The summed E-state index contributed by atoms with van der Waals surface area (Å²) >= 11 is 7.60. The summed E-state index contributed by atoms with van der Waals surface area (Å²) in [4.78, 5) is 22.5. The topological polar surface area (TPSA) is 94.6 Å². The molecule has 5 rings (SSSR count). The van der Waals surface area contributed by atoms with Crippen molar-refractivity contribution in [2.75, 3.05) is 48.9 Å². The molecule has 8 nitrogen and oxygen atoms in total. The van der Waals surface area contributed by atoms with Crippen LogP contribution in [0.2, 0.25) is 5.02 Å². The lowest BCUT2D eigenvalue weighted by atomic mass is 10.1. The van der Waals surface area contributed by atoms with Crippen molar-refractivity contribution in [1.82, 2.24) is 15.2 Å². The van der Waals surface area contributed by atoms with Crippen LogP contribution in [-0.2, 0) is 10.0 Å². The van der Waals surface area contributed by atoms with Crippen molar-refractivity contribution in [3.05, 3.63) is 82.9 Å². The Hall–Kier alpha value is -2.89. The normalized spacial score (nSPS) is 14.2. The van der Waals surface area contributed by atoms with Crippen LogP contribution in [0.4, 0.5) is 10.8 Å². The van der Waals surface area contributed by atoms with Gasteiger partial charge in [0.05, 0.1) is 26.4 Å². The predicted octanol–water partition coefficient (Wildman–Crippen LogP) is 5.03. The van der Waals surface area contributed by atoms with Crippen molar-refractivity contribution in [3.8, 4) is 0 Å². The Balaban J connectivity index is 0.00000353. The van der Waals surface area contributed by atoms with Gasteiger partial charge in [0.1, 0.15) is 0 Å². The summed E-state index contributed by atoms with van der Waals surface area (Å²) < 4.78 is 29.3. The number of amides is 1. The number of nitrogens with zero attached hydrogens (tertiary/aromatic N) is 3. The molecule has 0 bridgehead atoms. The first-order chi connectivity index (χ1) is 18.3. The number of rotatable bonds is 8. The molecule has 1 fully saturated rings. The minimum atomic E-state index is -3.87. The van der Waals surface area contributed by atoms with Gasteiger partial charge in [-0.2, -0.15) is 0 Å². The van der Waals surface area contributed by atoms with E-state index < -0.39 is 10.0 Å². The van der Waals surface area contributed by atoms with Gasteiger partial charge in [0.2, 0.25) is 0 Å². The van der Waals surface area contributed by atoms with E-state index in [1.807, 2.05) is 0 Å². The second kappa shape index (κ2) is 12.5. The summed E-state index contributed by atoms with van der Waals surface area (Å²) in [6.07, 6.45) is 0. The maximum absolute atomic E-state index is 12.9. The van der Waals surface area contributed by atoms with E-state index in [4.69, 9.17) is 16.6 Å². The highest BCUT2D eigenvalue weighted by Gasteiger charge is 2.21. The van der Waals surface area contributed by atoms with E-state index in [1.54, 1.807) is 35.6 Å². The van der Waals surface area contributed by atoms with E-state index in [0.717, 1.165) is 36.8 Å². The van der Waals surface area contributed by atoms with Crippen molar-refractivity contribution in [1.29, 1.82) is 0 Å². The molecule has 1 aliphatic rings. The molecule has 0 spiro atoms. The molecule has 39 heavy (non-hydrogen) atoms. The van der Waals surface area contributed by atoms with Gasteiger partial charge in [-0.25, -0.2) is 13.4 Å². The molecule has 0 unspecified atom stereocenters. The summed E-state index contributed by atoms with van der Waals surface area (Å²) in [6, 6.07) is 18.7. The average Bonchev–Trinajstić information content (AvgIpc) is 3.35. The van der Waals surface area contributed by atoms with Crippen LogP contribution in [0.1, 0.15) is 15.9 Å². The van der Waals surface area contributed by atoms with Gasteiger partial charge in [0, 0.05) is 44.3 Å². The number of aryl methyl sites for hydroxylation is 1. The van der Waals surface area contributed by atoms with Crippen molar-refractivity contribution in [2.24, 2.45) is 0 Å². The van der Waals surface area contributed by atoms with E-state index in [1.165, 1.54) is 34.5 Å². The van der Waals surface area contributed by atoms with Crippen LogP contribution in [0, 0.1) is 6.92 Å². The largest absolute Gasteiger partial charge is 0.351 e. The van der Waals surface area contributed by atoms with Crippen LogP contribution in [0.3, 0.4) is 0 Å². The molecule has 4 aromatic rings. The van der Waals surface area contributed by atoms with Gasteiger partial charge in [-0.15, -0.1) is 12.4 Å². The number of anilines is 2. The highest BCUT2D eigenvalue weighted by molar-refractivity contribution is 7.92. The van der Waals surface area contributed by atoms with Gasteiger partial charge < -0.3 is 10.2 Å². The second-order valence-corrected chi connectivity index (χ2v) is 12.2. The van der Waals surface area contributed by atoms with Crippen LogP contribution in [0.5, 0.6) is 0 Å². The predicted molar refractivity (Wildman–Crippen MR) is 161 cm³/mol. The molecule has 1 aromatic heterocycles. The minimum Gasteiger partial charge on any atom is -0.351 e. The lowest BCUT2D eigenvalue weighted by molar-refractivity contribution is 0.0948. The molecule has 206 valence electrons. The first kappa shape index (κ1) is 29.1. The number of carbonyl (C=O) groups is 1. The Labute approximate surface area is 243 Å². The average molecular weight is 607 g/mol. The van der Waals surface area contributed by atoms with E-state index in [2.05, 4.69) is 45.0 Å². The Morgan fingerprint density at radius 3 is 2.44 bits per heavy atom. The maximum atomic E-state index is 12.9. The molecular formula is C27H29Cl2N5O3S2. The number of benzene rings is 3. The van der Waals surface area contributed by atoms with E-state index in [-0.39, 0.29) is 34.5 Å². The molecule has 2 N–H and O–H groups in total. The number of para-hydroxylation sites is 2. The summed E-state index contributed by atoms with van der Waals surface area (Å²) in [6.45, 7) is 6.76. The summed E-state index contributed by atoms with van der Waals surface area (Å²) in [5, 5.41) is 4.43. The molecular weight excluding hydrogens is 577 g/mol. The molecule has 0 atom stereocenters. The molecule has 0 radical (unpaired) electrons. The molecule has 0 aliphatic carbocycles. The zero-order chi connectivity index (χ0) is 26.7. The molecule has 12 heteroatoms. The standard InChI is InChI=1S/C27H28ClN5O3S2.ClH/c1-19-5-4-8-24-25(19)30-27(37-24)33-17-15-32(16-18-33)14-13-29-26(34)22-6-2-3-7-23(22)31-38(35,36)21-11-9-20(28)10-12-21;/h2-12,31H,13-18H2,1H3,(H,29,34);1H. The number of sulfonamides is 1. The van der Waals surface area contributed by atoms with Gasteiger partial charge in [0.25, 0.3) is 15.9 Å². The second-order valence-electron chi connectivity index (χ2n) is 9.11. The number of piperazine rings is 1. The van der Waals surface area contributed by atoms with Crippen LogP contribution < -0.4 is 14.9 Å². The van der Waals surface area contributed by atoms with E-state index in [9.17, 15) is 13.2 Å². The Bertz CT molecular complexity index is 1550. The summed E-state index contributed by atoms with van der Waals surface area (Å²) in [5.74, 6) is -0.331. The van der Waals surface area contributed by atoms with Gasteiger partial charge in [0.15, 0.2) is 5.13 Å². The lowest BCUT2D eigenvalue weighted by Crippen LogP contribution is -2.48. The summed E-state index contributed by atoms with van der Waals surface area (Å²) in [5.41, 5.74) is 2.76. The number of halogens is 2. The van der Waals surface area contributed by atoms with Crippen LogP contribution in [0.25, 0.3) is 10.2 Å². The van der Waals surface area contributed by atoms with Crippen molar-refractivity contribution in [3.63, 3.8) is 0 Å². The third-order valence-corrected chi connectivity index (χ3v) is 9.22. The molecule has 1 aliphatic heterocycles. The SMILES string of the molecule is Cc1cccc2sc(N3CCN(CCNC(=O)c4ccccc4NS(=O)(=O)c4ccc(Cl)cc4)CC3)nc12.Cl. The number of aromatic nitrogens is 1. The fourth-order valence-corrected chi connectivity index (χ4v) is 6.68. The van der Waals surface area contributed by atoms with Gasteiger partial charge in [-0.1, -0.05) is 47.2 Å². The van der Waals surface area contributed by atoms with E-state index >= 15 is 0 Å². The zero-order valence-corrected chi connectivity index (χ0v) is 24.5. The minimum absolute atomic E-state index is 0. The van der Waals surface area contributed by atoms with Crippen LogP contribution in [0.15, 0.2) is 71.6 Å². The lowest BCUT2D eigenvalue weighted by Gasteiger charge is -2.34. The third kappa shape index (κ3) is 6.82.